The third-order valence-electron chi connectivity index (χ3n) is 7.79. The van der Waals surface area contributed by atoms with Gasteiger partial charge >= 0.3 is 0 Å². The predicted molar refractivity (Wildman–Crippen MR) is 150 cm³/mol. The van der Waals surface area contributed by atoms with Crippen LogP contribution in [0.2, 0.25) is 0 Å². The fourth-order valence-electron chi connectivity index (χ4n) is 5.92. The number of rotatable bonds is 7. The molecule has 0 radical (unpaired) electrons. The van der Waals surface area contributed by atoms with E-state index in [0.29, 0.717) is 41.8 Å². The van der Waals surface area contributed by atoms with Crippen LogP contribution in [0.5, 0.6) is 0 Å². The predicted octanol–water partition coefficient (Wildman–Crippen LogP) is 4.65. The number of nitrogens with one attached hydrogen (secondary N) is 1. The lowest BCUT2D eigenvalue weighted by atomic mass is 9.93. The molecule has 4 heterocycles. The summed E-state index contributed by atoms with van der Waals surface area (Å²) in [6.07, 6.45) is 8.72. The van der Waals surface area contributed by atoms with Gasteiger partial charge in [-0.1, -0.05) is 6.08 Å². The average Bonchev–Trinajstić information content (AvgIpc) is 3.69. The Labute approximate surface area is 226 Å². The molecule has 3 aliphatic heterocycles. The number of anilines is 1. The van der Waals surface area contributed by atoms with Crippen LogP contribution >= 0.6 is 11.3 Å². The molecule has 1 N–H and O–H groups in total. The molecule has 0 saturated carbocycles. The number of Topliss-reactive ketones (excluding diaryl/α,β-unsaturated/α-hetero) is 1. The van der Waals surface area contributed by atoms with Crippen LogP contribution in [0.4, 0.5) is 5.69 Å². The highest BCUT2D eigenvalue weighted by atomic mass is 32.1. The van der Waals surface area contributed by atoms with E-state index in [-0.39, 0.29) is 23.6 Å². The standard InChI is InChI=1S/C30H32N4O3S/c1-19(14-20-8-13-38-18-20)31-24-6-4-7-27(35)28(24)26-16-21-15-22-23(17-25(21)32-26)30(37)34(29(22)36)12-5-11-33-9-2-3-10-33/h4,6,8,13,15,17-19,32H,2-3,5,7,9-12,14,16H2,1H3. The fraction of sp³-hybridized carbons (Fsp3) is 0.400. The lowest BCUT2D eigenvalue weighted by molar-refractivity contribution is -0.114. The normalized spacial score (nSPS) is 22.9. The summed E-state index contributed by atoms with van der Waals surface area (Å²) in [5.41, 5.74) is 5.98. The van der Waals surface area contributed by atoms with Crippen molar-refractivity contribution in [3.63, 3.8) is 0 Å². The second kappa shape index (κ2) is 10.4. The zero-order valence-electron chi connectivity index (χ0n) is 21.7. The number of likely N-dealkylation sites (tertiary alicyclic amines) is 1. The van der Waals surface area contributed by atoms with Gasteiger partial charge in [-0.25, -0.2) is 0 Å². The summed E-state index contributed by atoms with van der Waals surface area (Å²) in [7, 11) is 0. The van der Waals surface area contributed by atoms with E-state index >= 15 is 0 Å². The molecule has 0 bridgehead atoms. The minimum atomic E-state index is -0.224. The van der Waals surface area contributed by atoms with Crippen molar-refractivity contribution in [1.29, 1.82) is 0 Å². The minimum Gasteiger partial charge on any atom is -0.358 e. The lowest BCUT2D eigenvalue weighted by Crippen LogP contribution is -2.33. The average molecular weight is 529 g/mol. The highest BCUT2D eigenvalue weighted by Crippen LogP contribution is 2.36. The molecule has 1 fully saturated rings. The molecular formula is C30H32N4O3S. The molecule has 1 saturated heterocycles. The Hall–Kier alpha value is -3.36. The number of aliphatic imine (C=N–C) groups is 1. The summed E-state index contributed by atoms with van der Waals surface area (Å²) in [5, 5.41) is 7.59. The van der Waals surface area contributed by atoms with Crippen molar-refractivity contribution in [1.82, 2.24) is 9.80 Å². The van der Waals surface area contributed by atoms with Crippen molar-refractivity contribution >= 4 is 40.3 Å². The number of imide groups is 1. The van der Waals surface area contributed by atoms with Gasteiger partial charge in [0, 0.05) is 30.8 Å². The number of benzene rings is 1. The van der Waals surface area contributed by atoms with Crippen LogP contribution in [0.25, 0.3) is 0 Å². The fourth-order valence-corrected chi connectivity index (χ4v) is 6.60. The maximum absolute atomic E-state index is 13.2. The van der Waals surface area contributed by atoms with E-state index in [1.165, 1.54) is 23.3 Å². The van der Waals surface area contributed by atoms with Gasteiger partial charge in [-0.05, 0) is 98.4 Å². The van der Waals surface area contributed by atoms with Crippen LogP contribution < -0.4 is 5.32 Å². The monoisotopic (exact) mass is 528 g/mol. The Morgan fingerprint density at radius 3 is 2.63 bits per heavy atom. The van der Waals surface area contributed by atoms with E-state index in [2.05, 4.69) is 34.0 Å². The molecule has 1 atom stereocenters. The van der Waals surface area contributed by atoms with Crippen molar-refractivity contribution in [3.05, 3.63) is 74.6 Å². The van der Waals surface area contributed by atoms with Crippen molar-refractivity contribution in [2.45, 2.75) is 51.5 Å². The topological polar surface area (TPSA) is 82.1 Å². The van der Waals surface area contributed by atoms with Crippen molar-refractivity contribution < 1.29 is 14.4 Å². The number of amides is 2. The molecule has 38 heavy (non-hydrogen) atoms. The maximum atomic E-state index is 13.2. The van der Waals surface area contributed by atoms with Crippen molar-refractivity contribution in [2.75, 3.05) is 31.5 Å². The molecule has 1 aliphatic carbocycles. The first-order chi connectivity index (χ1) is 18.5. The Kier molecular flexibility index (Phi) is 6.84. The number of hydrogen-bond acceptors (Lipinski definition) is 7. The van der Waals surface area contributed by atoms with Gasteiger partial charge in [0.1, 0.15) is 0 Å². The number of allylic oxidation sites excluding steroid dienone is 4. The Balaban J connectivity index is 1.21. The van der Waals surface area contributed by atoms with Crippen LogP contribution in [-0.2, 0) is 17.6 Å². The number of nitrogens with zero attached hydrogens (tertiary/aromatic N) is 3. The summed E-state index contributed by atoms with van der Waals surface area (Å²) in [4.78, 5) is 48.0. The third kappa shape index (κ3) is 4.78. The molecule has 2 amide bonds. The van der Waals surface area contributed by atoms with Crippen molar-refractivity contribution in [2.24, 2.45) is 4.99 Å². The molecule has 1 aromatic carbocycles. The largest absolute Gasteiger partial charge is 0.358 e. The van der Waals surface area contributed by atoms with E-state index in [1.807, 2.05) is 18.2 Å². The molecule has 1 aromatic heterocycles. The molecule has 8 heteroatoms. The number of thiophene rings is 1. The van der Waals surface area contributed by atoms with Crippen LogP contribution in [0.1, 0.15) is 64.4 Å². The second-order valence-corrected chi connectivity index (χ2v) is 11.4. The summed E-state index contributed by atoms with van der Waals surface area (Å²) in [6, 6.07) is 5.77. The maximum Gasteiger partial charge on any atom is 0.261 e. The van der Waals surface area contributed by atoms with Gasteiger partial charge in [-0.3, -0.25) is 24.3 Å². The number of hydrogen-bond donors (Lipinski definition) is 1. The Bertz CT molecular complexity index is 1340. The first-order valence-electron chi connectivity index (χ1n) is 13.5. The summed E-state index contributed by atoms with van der Waals surface area (Å²) in [6.45, 7) is 5.64. The van der Waals surface area contributed by atoms with Gasteiger partial charge in [0.2, 0.25) is 0 Å². The number of fused-ring (bicyclic) bond motifs is 2. The minimum absolute atomic E-state index is 0.0324. The lowest BCUT2D eigenvalue weighted by Gasteiger charge is -2.18. The summed E-state index contributed by atoms with van der Waals surface area (Å²) >= 11 is 1.67. The third-order valence-corrected chi connectivity index (χ3v) is 8.52. The zero-order valence-corrected chi connectivity index (χ0v) is 22.5. The highest BCUT2D eigenvalue weighted by Gasteiger charge is 2.37. The number of carbonyl (C=O) groups excluding carboxylic acids is 3. The van der Waals surface area contributed by atoms with E-state index < -0.39 is 0 Å². The van der Waals surface area contributed by atoms with Crippen LogP contribution in [0.3, 0.4) is 0 Å². The van der Waals surface area contributed by atoms with Gasteiger partial charge in [0.25, 0.3) is 11.8 Å². The van der Waals surface area contributed by atoms with E-state index in [4.69, 9.17) is 4.99 Å². The Morgan fingerprint density at radius 2 is 1.87 bits per heavy atom. The molecule has 7 nitrogen and oxygen atoms in total. The van der Waals surface area contributed by atoms with Crippen molar-refractivity contribution in [3.8, 4) is 0 Å². The molecule has 0 spiro atoms. The first-order valence-corrected chi connectivity index (χ1v) is 14.5. The molecule has 196 valence electrons. The van der Waals surface area contributed by atoms with Crippen LogP contribution in [-0.4, -0.2) is 65.3 Å². The number of ketones is 1. The molecule has 4 aliphatic rings. The molecular weight excluding hydrogens is 496 g/mol. The van der Waals surface area contributed by atoms with Gasteiger partial charge in [-0.15, -0.1) is 0 Å². The van der Waals surface area contributed by atoms with Crippen LogP contribution in [0.15, 0.2) is 57.4 Å². The first kappa shape index (κ1) is 24.9. The summed E-state index contributed by atoms with van der Waals surface area (Å²) < 4.78 is 0. The van der Waals surface area contributed by atoms with E-state index in [9.17, 15) is 14.4 Å². The second-order valence-electron chi connectivity index (χ2n) is 10.6. The quantitative estimate of drug-likeness (QED) is 0.418. The van der Waals surface area contributed by atoms with Gasteiger partial charge < -0.3 is 10.2 Å². The van der Waals surface area contributed by atoms with Gasteiger partial charge in [0.05, 0.1) is 28.5 Å². The smallest absolute Gasteiger partial charge is 0.261 e. The molecule has 2 aromatic rings. The van der Waals surface area contributed by atoms with Crippen LogP contribution in [0, 0.1) is 0 Å². The van der Waals surface area contributed by atoms with Gasteiger partial charge in [-0.2, -0.15) is 11.3 Å². The van der Waals surface area contributed by atoms with E-state index in [1.54, 1.807) is 17.4 Å². The molecule has 1 unspecified atom stereocenters. The zero-order chi connectivity index (χ0) is 26.2. The number of carbonyl (C=O) groups is 3. The highest BCUT2D eigenvalue weighted by molar-refractivity contribution is 7.07. The van der Waals surface area contributed by atoms with Gasteiger partial charge in [0.15, 0.2) is 5.78 Å². The summed E-state index contributed by atoms with van der Waals surface area (Å²) in [5.74, 6) is -0.400. The van der Waals surface area contributed by atoms with E-state index in [0.717, 1.165) is 49.4 Å². The Morgan fingerprint density at radius 1 is 1.08 bits per heavy atom. The molecule has 6 rings (SSSR count). The SMILES string of the molecule is CC(Cc1ccsc1)N=C1C=CCC(=O)C1=C1Cc2cc3c(cc2N1)C(=O)N(CCCN1CCCC1)C3=O.